The van der Waals surface area contributed by atoms with Crippen LogP contribution in [0.25, 0.3) is 0 Å². The lowest BCUT2D eigenvalue weighted by Gasteiger charge is -1.98. The van der Waals surface area contributed by atoms with Crippen LogP contribution in [0.2, 0.25) is 0 Å². The zero-order valence-electron chi connectivity index (χ0n) is 11.7. The molecule has 0 saturated heterocycles. The first-order chi connectivity index (χ1) is 9.81. The van der Waals surface area contributed by atoms with Gasteiger partial charge in [0.05, 0.1) is 12.4 Å². The van der Waals surface area contributed by atoms with Gasteiger partial charge in [0.1, 0.15) is 11.4 Å². The summed E-state index contributed by atoms with van der Waals surface area (Å²) in [6, 6.07) is 0. The fourth-order valence-electron chi connectivity index (χ4n) is 1.98. The molecule has 0 aliphatic rings. The number of allylic oxidation sites excluding steroid dienone is 2. The summed E-state index contributed by atoms with van der Waals surface area (Å²) in [5.74, 6) is 0. The Morgan fingerprint density at radius 2 is 1.30 bits per heavy atom. The molecule has 4 heteroatoms. The topological polar surface area (TPSA) is 33.5 Å². The highest BCUT2D eigenvalue weighted by molar-refractivity contribution is 4.97. The van der Waals surface area contributed by atoms with E-state index in [4.69, 9.17) is 0 Å². The third kappa shape index (κ3) is 4.09. The van der Waals surface area contributed by atoms with Crippen LogP contribution < -0.4 is 9.13 Å². The summed E-state index contributed by atoms with van der Waals surface area (Å²) in [6.07, 6.45) is 17.1. The molecule has 2 aromatic heterocycles. The Balaban J connectivity index is 2.00. The molecule has 0 saturated carbocycles. The summed E-state index contributed by atoms with van der Waals surface area (Å²) in [4.78, 5) is 8.61. The normalized spacial score (nSPS) is 10.2. The Kier molecular flexibility index (Phi) is 5.12. The van der Waals surface area contributed by atoms with Gasteiger partial charge in [-0.05, 0) is 0 Å². The van der Waals surface area contributed by atoms with Gasteiger partial charge < -0.3 is 0 Å². The molecule has 102 valence electrons. The fourth-order valence-corrected chi connectivity index (χ4v) is 1.98. The predicted molar refractivity (Wildman–Crippen MR) is 76.7 cm³/mol. The van der Waals surface area contributed by atoms with Crippen molar-refractivity contribution in [2.75, 3.05) is 0 Å². The largest absolute Gasteiger partial charge is 0.248 e. The minimum atomic E-state index is 0.798. The second-order valence-corrected chi connectivity index (χ2v) is 4.56. The van der Waals surface area contributed by atoms with Gasteiger partial charge in [-0.25, -0.2) is 9.97 Å². The van der Waals surface area contributed by atoms with Gasteiger partial charge in [-0.2, -0.15) is 9.13 Å². The molecular weight excluding hydrogens is 248 g/mol. The van der Waals surface area contributed by atoms with E-state index in [1.807, 2.05) is 36.9 Å². The van der Waals surface area contributed by atoms with Crippen LogP contribution in [0.3, 0.4) is 0 Å². The molecule has 0 bridgehead atoms. The molecule has 0 aliphatic heterocycles. The van der Waals surface area contributed by atoms with Crippen LogP contribution in [-0.2, 0) is 25.9 Å². The van der Waals surface area contributed by atoms with E-state index in [2.05, 4.69) is 44.7 Å². The van der Waals surface area contributed by atoms with Crippen LogP contribution in [0, 0.1) is 0 Å². The number of aryl methyl sites for hydroxylation is 2. The lowest BCUT2D eigenvalue weighted by Crippen LogP contribution is -2.44. The molecule has 0 atom stereocenters. The third-order valence-electron chi connectivity index (χ3n) is 2.95. The van der Waals surface area contributed by atoms with E-state index in [0.717, 1.165) is 37.3 Å². The number of aromatic nitrogens is 4. The molecule has 2 aromatic rings. The highest BCUT2D eigenvalue weighted by atomic mass is 15.0. The number of hydrogen-bond acceptors (Lipinski definition) is 2. The van der Waals surface area contributed by atoms with E-state index in [0.29, 0.717) is 0 Å². The average Bonchev–Trinajstić information content (AvgIpc) is 2.47. The van der Waals surface area contributed by atoms with Crippen molar-refractivity contribution in [2.45, 2.75) is 25.9 Å². The second kappa shape index (κ2) is 7.28. The van der Waals surface area contributed by atoms with Crippen molar-refractivity contribution in [3.63, 3.8) is 0 Å². The highest BCUT2D eigenvalue weighted by Gasteiger charge is 2.08. The van der Waals surface area contributed by atoms with Gasteiger partial charge in [-0.1, -0.05) is 12.2 Å². The summed E-state index contributed by atoms with van der Waals surface area (Å²) in [6.45, 7) is 9.27. The maximum Gasteiger partial charge on any atom is 0.206 e. The zero-order chi connectivity index (χ0) is 14.2. The summed E-state index contributed by atoms with van der Waals surface area (Å²) < 4.78 is 4.29. The number of hydrogen-bond donors (Lipinski definition) is 0. The van der Waals surface area contributed by atoms with Crippen molar-refractivity contribution in [1.29, 1.82) is 0 Å². The van der Waals surface area contributed by atoms with Crippen molar-refractivity contribution < 1.29 is 9.13 Å². The molecule has 4 nitrogen and oxygen atoms in total. The van der Waals surface area contributed by atoms with Crippen LogP contribution in [0.1, 0.15) is 11.4 Å². The Morgan fingerprint density at radius 1 is 0.850 bits per heavy atom. The van der Waals surface area contributed by atoms with Crippen molar-refractivity contribution in [1.82, 2.24) is 9.97 Å². The summed E-state index contributed by atoms with van der Waals surface area (Å²) in [5, 5.41) is 0. The van der Waals surface area contributed by atoms with Crippen molar-refractivity contribution in [3.05, 3.63) is 73.9 Å². The molecule has 0 fully saturated rings. The van der Waals surface area contributed by atoms with E-state index in [1.165, 1.54) is 0 Å². The van der Waals surface area contributed by atoms with Crippen molar-refractivity contribution in [3.8, 4) is 0 Å². The standard InChI is InChI=1S/C16H20N4/c1-3-5-15-13-19(9-7-17-15)11-12-20-10-8-18-16(14-20)6-4-2/h3-4,7-10,13-14H,1-2,5-6,11-12H2/q+2. The first-order valence-corrected chi connectivity index (χ1v) is 6.71. The van der Waals surface area contributed by atoms with E-state index in [-0.39, 0.29) is 0 Å². The van der Waals surface area contributed by atoms with Gasteiger partial charge in [-0.15, -0.1) is 13.2 Å². The van der Waals surface area contributed by atoms with Gasteiger partial charge in [0, 0.05) is 12.8 Å². The Hall–Kier alpha value is -2.36. The third-order valence-corrected chi connectivity index (χ3v) is 2.95. The average molecular weight is 268 g/mol. The smallest absolute Gasteiger partial charge is 0.206 e. The molecule has 0 unspecified atom stereocenters. The molecular formula is C16H20N4+2. The highest BCUT2D eigenvalue weighted by Crippen LogP contribution is 1.92. The number of nitrogens with zero attached hydrogens (tertiary/aromatic N) is 4. The molecule has 0 spiro atoms. The molecule has 0 aromatic carbocycles. The summed E-state index contributed by atoms with van der Waals surface area (Å²) in [7, 11) is 0. The molecule has 2 heterocycles. The summed E-state index contributed by atoms with van der Waals surface area (Å²) >= 11 is 0. The van der Waals surface area contributed by atoms with E-state index >= 15 is 0 Å². The molecule has 20 heavy (non-hydrogen) atoms. The second-order valence-electron chi connectivity index (χ2n) is 4.56. The van der Waals surface area contributed by atoms with Gasteiger partial charge >= 0.3 is 0 Å². The SMILES string of the molecule is C=CCc1c[n+](CC[n+]2ccnc(CC=C)c2)ccn1. The Labute approximate surface area is 119 Å². The minimum Gasteiger partial charge on any atom is -0.248 e. The predicted octanol–water partition coefficient (Wildman–Crippen LogP) is 1.21. The van der Waals surface area contributed by atoms with E-state index in [9.17, 15) is 0 Å². The maximum absolute atomic E-state index is 4.30. The fraction of sp³-hybridized carbons (Fsp3) is 0.250. The Morgan fingerprint density at radius 3 is 1.70 bits per heavy atom. The molecule has 0 radical (unpaired) electrons. The molecule has 2 rings (SSSR count). The zero-order valence-corrected chi connectivity index (χ0v) is 11.7. The monoisotopic (exact) mass is 268 g/mol. The van der Waals surface area contributed by atoms with Gasteiger partial charge in [0.25, 0.3) is 0 Å². The first-order valence-electron chi connectivity index (χ1n) is 6.71. The van der Waals surface area contributed by atoms with Gasteiger partial charge in [0.15, 0.2) is 24.8 Å². The van der Waals surface area contributed by atoms with Crippen molar-refractivity contribution >= 4 is 0 Å². The van der Waals surface area contributed by atoms with E-state index in [1.54, 1.807) is 0 Å². The lowest BCUT2D eigenvalue weighted by atomic mass is 10.3. The van der Waals surface area contributed by atoms with Crippen LogP contribution in [0.4, 0.5) is 0 Å². The summed E-state index contributed by atoms with van der Waals surface area (Å²) in [5.41, 5.74) is 2.07. The molecule has 0 amide bonds. The minimum absolute atomic E-state index is 0.798. The maximum atomic E-state index is 4.30. The molecule has 0 aliphatic carbocycles. The first kappa shape index (κ1) is 14.1. The van der Waals surface area contributed by atoms with Crippen LogP contribution >= 0.6 is 0 Å². The van der Waals surface area contributed by atoms with Gasteiger partial charge in [-0.3, -0.25) is 0 Å². The number of rotatable bonds is 7. The lowest BCUT2D eigenvalue weighted by molar-refractivity contribution is -0.779. The van der Waals surface area contributed by atoms with Crippen LogP contribution in [-0.4, -0.2) is 9.97 Å². The Bertz CT molecular complexity index is 539. The van der Waals surface area contributed by atoms with Crippen LogP contribution in [0.15, 0.2) is 62.5 Å². The van der Waals surface area contributed by atoms with E-state index < -0.39 is 0 Å². The van der Waals surface area contributed by atoms with Gasteiger partial charge in [0.2, 0.25) is 13.1 Å². The molecule has 0 N–H and O–H groups in total. The quantitative estimate of drug-likeness (QED) is 0.558. The van der Waals surface area contributed by atoms with Crippen molar-refractivity contribution in [2.24, 2.45) is 0 Å². The van der Waals surface area contributed by atoms with Crippen LogP contribution in [0.5, 0.6) is 0 Å².